The molecular weight excluding hydrogens is 328 g/mol. The van der Waals surface area contributed by atoms with Crippen LogP contribution in [0.2, 0.25) is 0 Å². The zero-order chi connectivity index (χ0) is 13.5. The SMILES string of the molecule is O=S(=O)(c1cncc(Br)c1)N1CCc2ccccc21. The molecule has 1 aliphatic rings. The Morgan fingerprint density at radius 1 is 1.21 bits per heavy atom. The number of benzene rings is 1. The first-order chi connectivity index (χ1) is 9.09. The van der Waals surface area contributed by atoms with Crippen LogP contribution in [0, 0.1) is 0 Å². The van der Waals surface area contributed by atoms with Gasteiger partial charge < -0.3 is 0 Å². The number of hydrogen-bond acceptors (Lipinski definition) is 3. The van der Waals surface area contributed by atoms with Crippen LogP contribution in [0.15, 0.2) is 52.1 Å². The molecule has 0 amide bonds. The van der Waals surface area contributed by atoms with E-state index >= 15 is 0 Å². The molecule has 6 heteroatoms. The molecule has 0 N–H and O–H groups in total. The normalized spacial score (nSPS) is 14.5. The number of fused-ring (bicyclic) bond motifs is 1. The molecule has 2 heterocycles. The molecule has 0 saturated heterocycles. The predicted molar refractivity (Wildman–Crippen MR) is 76.6 cm³/mol. The Kier molecular flexibility index (Phi) is 3.06. The van der Waals surface area contributed by atoms with E-state index < -0.39 is 10.0 Å². The van der Waals surface area contributed by atoms with Crippen LogP contribution in [-0.4, -0.2) is 19.9 Å². The quantitative estimate of drug-likeness (QED) is 0.845. The van der Waals surface area contributed by atoms with Crippen LogP contribution < -0.4 is 4.31 Å². The lowest BCUT2D eigenvalue weighted by Crippen LogP contribution is -2.29. The van der Waals surface area contributed by atoms with Crippen molar-refractivity contribution in [2.24, 2.45) is 0 Å². The van der Waals surface area contributed by atoms with E-state index in [0.717, 1.165) is 17.7 Å². The van der Waals surface area contributed by atoms with Gasteiger partial charge in [-0.3, -0.25) is 9.29 Å². The Morgan fingerprint density at radius 2 is 2.00 bits per heavy atom. The van der Waals surface area contributed by atoms with Crippen LogP contribution >= 0.6 is 15.9 Å². The number of anilines is 1. The summed E-state index contributed by atoms with van der Waals surface area (Å²) in [7, 11) is -3.53. The molecule has 1 aromatic carbocycles. The van der Waals surface area contributed by atoms with Gasteiger partial charge >= 0.3 is 0 Å². The molecule has 2 aromatic rings. The number of aromatic nitrogens is 1. The molecular formula is C13H11BrN2O2S. The Hall–Kier alpha value is -1.40. The highest BCUT2D eigenvalue weighted by Crippen LogP contribution is 2.32. The molecule has 0 atom stereocenters. The minimum absolute atomic E-state index is 0.207. The van der Waals surface area contributed by atoms with Gasteiger partial charge in [-0.25, -0.2) is 8.42 Å². The van der Waals surface area contributed by atoms with Crippen molar-refractivity contribution in [3.05, 3.63) is 52.8 Å². The molecule has 0 bridgehead atoms. The third-order valence-electron chi connectivity index (χ3n) is 3.11. The van der Waals surface area contributed by atoms with Crippen molar-refractivity contribution >= 4 is 31.6 Å². The van der Waals surface area contributed by atoms with E-state index in [9.17, 15) is 8.42 Å². The zero-order valence-corrected chi connectivity index (χ0v) is 12.4. The zero-order valence-electron chi connectivity index (χ0n) is 9.95. The first-order valence-electron chi connectivity index (χ1n) is 5.80. The van der Waals surface area contributed by atoms with E-state index in [1.165, 1.54) is 10.5 Å². The molecule has 0 radical (unpaired) electrons. The maximum atomic E-state index is 12.6. The van der Waals surface area contributed by atoms with Crippen molar-refractivity contribution in [1.82, 2.24) is 4.98 Å². The average Bonchev–Trinajstić information content (AvgIpc) is 2.83. The summed E-state index contributed by atoms with van der Waals surface area (Å²) < 4.78 is 27.3. The number of halogens is 1. The van der Waals surface area contributed by atoms with Crippen molar-refractivity contribution in [3.63, 3.8) is 0 Å². The van der Waals surface area contributed by atoms with Crippen molar-refractivity contribution in [3.8, 4) is 0 Å². The predicted octanol–water partition coefficient (Wildman–Crippen LogP) is 2.60. The summed E-state index contributed by atoms with van der Waals surface area (Å²) in [6.07, 6.45) is 3.69. The van der Waals surface area contributed by atoms with Gasteiger partial charge in [0, 0.05) is 23.4 Å². The fourth-order valence-electron chi connectivity index (χ4n) is 2.22. The van der Waals surface area contributed by atoms with Gasteiger partial charge in [-0.2, -0.15) is 0 Å². The van der Waals surface area contributed by atoms with Crippen molar-refractivity contribution in [1.29, 1.82) is 0 Å². The van der Waals surface area contributed by atoms with Crippen LogP contribution in [0.25, 0.3) is 0 Å². The van der Waals surface area contributed by atoms with Crippen molar-refractivity contribution < 1.29 is 8.42 Å². The van der Waals surface area contributed by atoms with Gasteiger partial charge in [-0.1, -0.05) is 18.2 Å². The van der Waals surface area contributed by atoms with E-state index in [1.807, 2.05) is 24.3 Å². The number of hydrogen-bond donors (Lipinski definition) is 0. The number of para-hydroxylation sites is 1. The second-order valence-electron chi connectivity index (χ2n) is 4.29. The van der Waals surface area contributed by atoms with Crippen LogP contribution in [0.3, 0.4) is 0 Å². The number of pyridine rings is 1. The maximum absolute atomic E-state index is 12.6. The molecule has 0 unspecified atom stereocenters. The highest BCUT2D eigenvalue weighted by molar-refractivity contribution is 9.10. The molecule has 0 fully saturated rings. The van der Waals surface area contributed by atoms with Gasteiger partial charge in [0.1, 0.15) is 4.90 Å². The monoisotopic (exact) mass is 338 g/mol. The summed E-state index contributed by atoms with van der Waals surface area (Å²) in [4.78, 5) is 4.13. The lowest BCUT2D eigenvalue weighted by atomic mass is 10.2. The number of nitrogens with zero attached hydrogens (tertiary/aromatic N) is 2. The molecule has 4 nitrogen and oxygen atoms in total. The number of sulfonamides is 1. The molecule has 3 rings (SSSR count). The third-order valence-corrected chi connectivity index (χ3v) is 5.32. The van der Waals surface area contributed by atoms with Crippen LogP contribution in [0.4, 0.5) is 5.69 Å². The second kappa shape index (κ2) is 4.61. The van der Waals surface area contributed by atoms with Crippen molar-refractivity contribution in [2.75, 3.05) is 10.8 Å². The van der Waals surface area contributed by atoms with E-state index in [1.54, 1.807) is 12.3 Å². The molecule has 98 valence electrons. The van der Waals surface area contributed by atoms with Gasteiger partial charge in [-0.15, -0.1) is 0 Å². The van der Waals surface area contributed by atoms with E-state index in [4.69, 9.17) is 0 Å². The molecule has 1 aliphatic heterocycles. The molecule has 0 aliphatic carbocycles. The van der Waals surface area contributed by atoms with Crippen LogP contribution in [-0.2, 0) is 16.4 Å². The van der Waals surface area contributed by atoms with E-state index in [-0.39, 0.29) is 4.90 Å². The molecule has 1 aromatic heterocycles. The fourth-order valence-corrected chi connectivity index (χ4v) is 4.23. The highest BCUT2D eigenvalue weighted by Gasteiger charge is 2.30. The topological polar surface area (TPSA) is 50.3 Å². The van der Waals surface area contributed by atoms with Gasteiger partial charge in [0.15, 0.2) is 0 Å². The highest BCUT2D eigenvalue weighted by atomic mass is 79.9. The Bertz CT molecular complexity index is 731. The Balaban J connectivity index is 2.08. The minimum Gasteiger partial charge on any atom is -0.266 e. The van der Waals surface area contributed by atoms with Gasteiger partial charge in [0.05, 0.1) is 5.69 Å². The third kappa shape index (κ3) is 2.15. The average molecular weight is 339 g/mol. The Morgan fingerprint density at radius 3 is 2.79 bits per heavy atom. The van der Waals surface area contributed by atoms with E-state index in [2.05, 4.69) is 20.9 Å². The standard InChI is InChI=1S/C13H11BrN2O2S/c14-11-7-12(9-15-8-11)19(17,18)16-6-5-10-3-1-2-4-13(10)16/h1-4,7-9H,5-6H2. The maximum Gasteiger partial charge on any atom is 0.265 e. The summed E-state index contributed by atoms with van der Waals surface area (Å²) in [5.41, 5.74) is 1.83. The van der Waals surface area contributed by atoms with Gasteiger partial charge in [0.25, 0.3) is 10.0 Å². The van der Waals surface area contributed by atoms with Crippen LogP contribution in [0.1, 0.15) is 5.56 Å². The summed E-state index contributed by atoms with van der Waals surface area (Å²) in [6, 6.07) is 9.15. The largest absolute Gasteiger partial charge is 0.266 e. The Labute approximate surface area is 120 Å². The van der Waals surface area contributed by atoms with Crippen molar-refractivity contribution in [2.45, 2.75) is 11.3 Å². The van der Waals surface area contributed by atoms with Gasteiger partial charge in [-0.05, 0) is 40.0 Å². The van der Waals surface area contributed by atoms with E-state index in [0.29, 0.717) is 11.0 Å². The lowest BCUT2D eigenvalue weighted by molar-refractivity contribution is 0.592. The second-order valence-corrected chi connectivity index (χ2v) is 7.07. The summed E-state index contributed by atoms with van der Waals surface area (Å²) >= 11 is 3.25. The molecule has 0 spiro atoms. The minimum atomic E-state index is -3.53. The van der Waals surface area contributed by atoms with Crippen LogP contribution in [0.5, 0.6) is 0 Å². The lowest BCUT2D eigenvalue weighted by Gasteiger charge is -2.19. The number of rotatable bonds is 2. The first kappa shape index (κ1) is 12.6. The molecule has 19 heavy (non-hydrogen) atoms. The summed E-state index contributed by atoms with van der Waals surface area (Å²) in [6.45, 7) is 0.480. The smallest absolute Gasteiger partial charge is 0.265 e. The fraction of sp³-hybridized carbons (Fsp3) is 0.154. The summed E-state index contributed by atoms with van der Waals surface area (Å²) in [5.74, 6) is 0. The van der Waals surface area contributed by atoms with Gasteiger partial charge in [0.2, 0.25) is 0 Å². The molecule has 0 saturated carbocycles. The summed E-state index contributed by atoms with van der Waals surface area (Å²) in [5, 5.41) is 0. The first-order valence-corrected chi connectivity index (χ1v) is 8.03.